The average molecular weight is 302 g/mol. The minimum Gasteiger partial charge on any atom is -0.373 e. The summed E-state index contributed by atoms with van der Waals surface area (Å²) in [5.74, 6) is 0.495. The first-order chi connectivity index (χ1) is 10.6. The largest absolute Gasteiger partial charge is 0.373 e. The van der Waals surface area contributed by atoms with Crippen LogP contribution in [0.3, 0.4) is 0 Å². The molecular formula is C18H26N2O2. The van der Waals surface area contributed by atoms with Crippen LogP contribution in [0.4, 0.5) is 0 Å². The predicted octanol–water partition coefficient (Wildman–Crippen LogP) is 2.45. The molecule has 1 spiro atoms. The van der Waals surface area contributed by atoms with Gasteiger partial charge < -0.3 is 15.4 Å². The fourth-order valence-electron chi connectivity index (χ4n) is 3.46. The van der Waals surface area contributed by atoms with Gasteiger partial charge in [-0.15, -0.1) is 0 Å². The first kappa shape index (κ1) is 15.5. The van der Waals surface area contributed by atoms with Crippen molar-refractivity contribution in [3.8, 4) is 0 Å². The van der Waals surface area contributed by atoms with Crippen molar-refractivity contribution in [1.29, 1.82) is 0 Å². The van der Waals surface area contributed by atoms with Gasteiger partial charge in [0.05, 0.1) is 18.2 Å². The second-order valence-corrected chi connectivity index (χ2v) is 6.90. The van der Waals surface area contributed by atoms with Crippen LogP contribution in [0, 0.1) is 0 Å². The lowest BCUT2D eigenvalue weighted by Gasteiger charge is -2.32. The van der Waals surface area contributed by atoms with Gasteiger partial charge in [-0.3, -0.25) is 4.79 Å². The maximum atomic E-state index is 12.4. The Kier molecular flexibility index (Phi) is 4.50. The van der Waals surface area contributed by atoms with Gasteiger partial charge >= 0.3 is 0 Å². The van der Waals surface area contributed by atoms with Crippen molar-refractivity contribution < 1.29 is 9.53 Å². The summed E-state index contributed by atoms with van der Waals surface area (Å²) in [6.45, 7) is 6.97. The van der Waals surface area contributed by atoms with E-state index in [2.05, 4.69) is 24.5 Å². The van der Waals surface area contributed by atoms with Crippen molar-refractivity contribution in [3.63, 3.8) is 0 Å². The Morgan fingerprint density at radius 3 is 2.59 bits per heavy atom. The van der Waals surface area contributed by atoms with E-state index in [9.17, 15) is 4.79 Å². The quantitative estimate of drug-likeness (QED) is 0.902. The van der Waals surface area contributed by atoms with Crippen LogP contribution < -0.4 is 10.6 Å². The molecule has 0 bridgehead atoms. The van der Waals surface area contributed by atoms with Gasteiger partial charge in [0.2, 0.25) is 0 Å². The van der Waals surface area contributed by atoms with E-state index in [-0.39, 0.29) is 17.6 Å². The molecule has 2 saturated heterocycles. The van der Waals surface area contributed by atoms with Gasteiger partial charge in [0, 0.05) is 5.56 Å². The number of nitrogens with one attached hydrogen (secondary N) is 2. The van der Waals surface area contributed by atoms with Gasteiger partial charge in [0.15, 0.2) is 0 Å². The molecule has 4 heteroatoms. The fraction of sp³-hybridized carbons (Fsp3) is 0.611. The zero-order chi connectivity index (χ0) is 15.6. The topological polar surface area (TPSA) is 50.4 Å². The summed E-state index contributed by atoms with van der Waals surface area (Å²) in [7, 11) is 0. The molecule has 3 rings (SSSR count). The third kappa shape index (κ3) is 3.33. The summed E-state index contributed by atoms with van der Waals surface area (Å²) in [6, 6.07) is 8.05. The summed E-state index contributed by atoms with van der Waals surface area (Å²) in [6.07, 6.45) is 3.02. The number of rotatable bonds is 3. The van der Waals surface area contributed by atoms with Gasteiger partial charge in [-0.1, -0.05) is 26.0 Å². The number of ether oxygens (including phenoxy) is 1. The van der Waals surface area contributed by atoms with Crippen LogP contribution in [0.1, 0.15) is 54.9 Å². The van der Waals surface area contributed by atoms with Crippen molar-refractivity contribution in [2.24, 2.45) is 0 Å². The molecule has 0 aromatic heterocycles. The molecule has 1 atom stereocenters. The van der Waals surface area contributed by atoms with E-state index >= 15 is 0 Å². The second kappa shape index (κ2) is 6.39. The van der Waals surface area contributed by atoms with Gasteiger partial charge in [0.25, 0.3) is 5.91 Å². The highest BCUT2D eigenvalue weighted by Gasteiger charge is 2.41. The molecule has 2 N–H and O–H groups in total. The smallest absolute Gasteiger partial charge is 0.251 e. The van der Waals surface area contributed by atoms with E-state index in [1.54, 1.807) is 0 Å². The minimum atomic E-state index is -0.00923. The molecule has 2 aliphatic heterocycles. The summed E-state index contributed by atoms with van der Waals surface area (Å²) < 4.78 is 6.03. The molecule has 2 aliphatic rings. The summed E-state index contributed by atoms with van der Waals surface area (Å²) in [4.78, 5) is 12.4. The molecule has 4 nitrogen and oxygen atoms in total. The van der Waals surface area contributed by atoms with Crippen LogP contribution in [-0.2, 0) is 4.74 Å². The number of hydrogen-bond acceptors (Lipinski definition) is 3. The number of carbonyl (C=O) groups is 1. The highest BCUT2D eigenvalue weighted by atomic mass is 16.5. The third-order valence-electron chi connectivity index (χ3n) is 4.90. The van der Waals surface area contributed by atoms with Crippen molar-refractivity contribution in [2.75, 3.05) is 19.7 Å². The van der Waals surface area contributed by atoms with Crippen LogP contribution in [0.25, 0.3) is 0 Å². The van der Waals surface area contributed by atoms with Crippen LogP contribution in [0.15, 0.2) is 24.3 Å². The van der Waals surface area contributed by atoms with Gasteiger partial charge in [-0.25, -0.2) is 0 Å². The van der Waals surface area contributed by atoms with Crippen molar-refractivity contribution in [2.45, 2.75) is 50.7 Å². The number of carbonyl (C=O) groups excluding carboxylic acids is 1. The van der Waals surface area contributed by atoms with Crippen molar-refractivity contribution in [3.05, 3.63) is 35.4 Å². The third-order valence-corrected chi connectivity index (χ3v) is 4.90. The number of amides is 1. The lowest BCUT2D eigenvalue weighted by atomic mass is 9.88. The van der Waals surface area contributed by atoms with Crippen LogP contribution >= 0.6 is 0 Å². The standard InChI is InChI=1S/C18H26N2O2/c1-13(2)14-3-5-15(6-4-14)17(21)20-16-11-18(22-12-16)7-9-19-10-8-18/h3-6,13,16,19H,7-12H2,1-2H3,(H,20,21). The zero-order valence-electron chi connectivity index (χ0n) is 13.5. The van der Waals surface area contributed by atoms with E-state index in [0.29, 0.717) is 12.5 Å². The molecule has 1 unspecified atom stereocenters. The molecule has 2 fully saturated rings. The maximum absolute atomic E-state index is 12.4. The fourth-order valence-corrected chi connectivity index (χ4v) is 3.46. The Labute approximate surface area is 132 Å². The highest BCUT2D eigenvalue weighted by molar-refractivity contribution is 5.94. The normalized spacial score (nSPS) is 23.9. The Hall–Kier alpha value is -1.39. The molecule has 22 heavy (non-hydrogen) atoms. The van der Waals surface area contributed by atoms with Crippen LogP contribution in [0.5, 0.6) is 0 Å². The molecule has 1 amide bonds. The highest BCUT2D eigenvalue weighted by Crippen LogP contribution is 2.34. The molecule has 2 heterocycles. The van der Waals surface area contributed by atoms with Gasteiger partial charge in [0.1, 0.15) is 0 Å². The molecule has 0 aliphatic carbocycles. The molecular weight excluding hydrogens is 276 g/mol. The lowest BCUT2D eigenvalue weighted by Crippen LogP contribution is -2.43. The van der Waals surface area contributed by atoms with Gasteiger partial charge in [-0.2, -0.15) is 0 Å². The minimum absolute atomic E-state index is 0.00916. The SMILES string of the molecule is CC(C)c1ccc(C(=O)NC2COC3(CCNCC3)C2)cc1. The Morgan fingerprint density at radius 2 is 1.95 bits per heavy atom. The Bertz CT molecular complexity index is 518. The summed E-state index contributed by atoms with van der Waals surface area (Å²) in [5.41, 5.74) is 1.98. The number of hydrogen-bond donors (Lipinski definition) is 2. The van der Waals surface area contributed by atoms with Crippen molar-refractivity contribution >= 4 is 5.91 Å². The number of piperidine rings is 1. The van der Waals surface area contributed by atoms with E-state index in [4.69, 9.17) is 4.74 Å². The first-order valence-corrected chi connectivity index (χ1v) is 8.33. The monoisotopic (exact) mass is 302 g/mol. The average Bonchev–Trinajstić information content (AvgIpc) is 2.90. The van der Waals surface area contributed by atoms with E-state index in [0.717, 1.165) is 37.9 Å². The predicted molar refractivity (Wildman–Crippen MR) is 87.2 cm³/mol. The van der Waals surface area contributed by atoms with Gasteiger partial charge in [-0.05, 0) is 56.0 Å². The van der Waals surface area contributed by atoms with E-state index in [1.165, 1.54) is 5.56 Å². The first-order valence-electron chi connectivity index (χ1n) is 8.33. The molecule has 1 aromatic rings. The van der Waals surface area contributed by atoms with Crippen molar-refractivity contribution in [1.82, 2.24) is 10.6 Å². The molecule has 0 radical (unpaired) electrons. The second-order valence-electron chi connectivity index (χ2n) is 6.90. The maximum Gasteiger partial charge on any atom is 0.251 e. The van der Waals surface area contributed by atoms with Crippen LogP contribution in [0.2, 0.25) is 0 Å². The summed E-state index contributed by atoms with van der Waals surface area (Å²) >= 11 is 0. The Balaban J connectivity index is 1.58. The Morgan fingerprint density at radius 1 is 1.27 bits per heavy atom. The zero-order valence-corrected chi connectivity index (χ0v) is 13.5. The van der Waals surface area contributed by atoms with Crippen LogP contribution in [-0.4, -0.2) is 37.2 Å². The van der Waals surface area contributed by atoms with E-state index in [1.807, 2.05) is 24.3 Å². The summed E-state index contributed by atoms with van der Waals surface area (Å²) in [5, 5.41) is 6.50. The van der Waals surface area contributed by atoms with E-state index < -0.39 is 0 Å². The molecule has 1 aromatic carbocycles. The number of benzene rings is 1. The molecule has 120 valence electrons. The lowest BCUT2D eigenvalue weighted by molar-refractivity contribution is -0.0194. The molecule has 0 saturated carbocycles.